The molecule has 7 heteroatoms. The van der Waals surface area contributed by atoms with Crippen LogP contribution in [-0.2, 0) is 6.42 Å². The molecular formula is C11H12ClF2NO3. The number of hydrogen-bond acceptors (Lipinski definition) is 2. The molecule has 3 N–H and O–H groups in total. The molecule has 0 aliphatic rings. The van der Waals surface area contributed by atoms with Crippen LogP contribution in [0.4, 0.5) is 13.6 Å². The smallest absolute Gasteiger partial charge is 0.404 e. The van der Waals surface area contributed by atoms with E-state index >= 15 is 0 Å². The molecule has 0 saturated heterocycles. The Labute approximate surface area is 107 Å². The van der Waals surface area contributed by atoms with Crippen LogP contribution in [0, 0.1) is 11.6 Å². The fourth-order valence-electron chi connectivity index (χ4n) is 1.53. The number of nitrogens with one attached hydrogen (secondary N) is 1. The number of aliphatic hydroxyl groups excluding tert-OH is 1. The molecule has 1 rings (SSSR count). The quantitative estimate of drug-likeness (QED) is 0.719. The highest BCUT2D eigenvalue weighted by Crippen LogP contribution is 2.12. The summed E-state index contributed by atoms with van der Waals surface area (Å²) in [4.78, 5) is 10.5. The molecule has 4 nitrogen and oxygen atoms in total. The molecule has 0 radical (unpaired) electrons. The van der Waals surface area contributed by atoms with E-state index in [2.05, 4.69) is 5.32 Å². The van der Waals surface area contributed by atoms with E-state index in [-0.39, 0.29) is 17.9 Å². The molecule has 0 saturated carbocycles. The van der Waals surface area contributed by atoms with Gasteiger partial charge in [0, 0.05) is 6.07 Å². The van der Waals surface area contributed by atoms with Gasteiger partial charge in [0.25, 0.3) is 0 Å². The fraction of sp³-hybridized carbons (Fsp3) is 0.364. The maximum atomic E-state index is 13.0. The number of rotatable bonds is 5. The van der Waals surface area contributed by atoms with Gasteiger partial charge in [-0.3, -0.25) is 0 Å². The summed E-state index contributed by atoms with van der Waals surface area (Å²) in [5.74, 6) is -1.72. The highest BCUT2D eigenvalue weighted by atomic mass is 35.5. The van der Waals surface area contributed by atoms with E-state index in [1.807, 2.05) is 0 Å². The van der Waals surface area contributed by atoms with Crippen LogP contribution in [0.5, 0.6) is 0 Å². The molecular weight excluding hydrogens is 268 g/mol. The van der Waals surface area contributed by atoms with Gasteiger partial charge in [-0.25, -0.2) is 13.6 Å². The lowest BCUT2D eigenvalue weighted by atomic mass is 10.0. The second-order valence-electron chi connectivity index (χ2n) is 3.76. The fourth-order valence-corrected chi connectivity index (χ4v) is 1.75. The summed E-state index contributed by atoms with van der Waals surface area (Å²) < 4.78 is 25.9. The van der Waals surface area contributed by atoms with Crippen LogP contribution in [0.25, 0.3) is 0 Å². The molecule has 0 aliphatic carbocycles. The Hall–Kier alpha value is -1.40. The van der Waals surface area contributed by atoms with Gasteiger partial charge < -0.3 is 15.5 Å². The number of aliphatic hydroxyl groups is 1. The minimum absolute atomic E-state index is 0.0606. The SMILES string of the molecule is O=C(O)N[C@@H](Cc1cc(F)cc(F)c1)[C@@H](O)CCl. The van der Waals surface area contributed by atoms with Gasteiger partial charge in [0.1, 0.15) is 11.6 Å². The van der Waals surface area contributed by atoms with Crippen LogP contribution >= 0.6 is 11.6 Å². The highest BCUT2D eigenvalue weighted by molar-refractivity contribution is 6.18. The summed E-state index contributed by atoms with van der Waals surface area (Å²) in [5.41, 5.74) is 0.232. The van der Waals surface area contributed by atoms with Crippen molar-refractivity contribution < 1.29 is 23.8 Å². The number of alkyl halides is 1. The van der Waals surface area contributed by atoms with E-state index in [4.69, 9.17) is 16.7 Å². The van der Waals surface area contributed by atoms with Crippen LogP contribution in [0.1, 0.15) is 5.56 Å². The number of benzene rings is 1. The number of carbonyl (C=O) groups is 1. The molecule has 1 amide bonds. The lowest BCUT2D eigenvalue weighted by Crippen LogP contribution is -2.45. The third kappa shape index (κ3) is 4.46. The van der Waals surface area contributed by atoms with Crippen LogP contribution in [0.2, 0.25) is 0 Å². The monoisotopic (exact) mass is 279 g/mol. The molecule has 0 aliphatic heterocycles. The third-order valence-corrected chi connectivity index (χ3v) is 2.63. The van der Waals surface area contributed by atoms with Crippen LogP contribution < -0.4 is 5.32 Å². The van der Waals surface area contributed by atoms with Crippen molar-refractivity contribution >= 4 is 17.7 Å². The Morgan fingerprint density at radius 1 is 1.33 bits per heavy atom. The topological polar surface area (TPSA) is 69.6 Å². The standard InChI is InChI=1S/C11H12ClF2NO3/c12-5-10(16)9(15-11(17)18)3-6-1-7(13)4-8(14)2-6/h1-2,4,9-10,15-16H,3,5H2,(H,17,18)/t9-,10-/m0/s1. The Morgan fingerprint density at radius 2 is 1.89 bits per heavy atom. The largest absolute Gasteiger partial charge is 0.465 e. The van der Waals surface area contributed by atoms with Gasteiger partial charge in [-0.2, -0.15) is 0 Å². The van der Waals surface area contributed by atoms with Gasteiger partial charge >= 0.3 is 6.09 Å². The van der Waals surface area contributed by atoms with E-state index in [0.717, 1.165) is 12.1 Å². The average molecular weight is 280 g/mol. The van der Waals surface area contributed by atoms with E-state index in [1.165, 1.54) is 0 Å². The van der Waals surface area contributed by atoms with Crippen molar-refractivity contribution in [1.82, 2.24) is 5.32 Å². The normalized spacial score (nSPS) is 14.0. The second-order valence-corrected chi connectivity index (χ2v) is 4.07. The number of hydrogen-bond donors (Lipinski definition) is 3. The van der Waals surface area contributed by atoms with Crippen molar-refractivity contribution in [3.8, 4) is 0 Å². The van der Waals surface area contributed by atoms with Crippen LogP contribution in [-0.4, -0.2) is 34.3 Å². The minimum Gasteiger partial charge on any atom is -0.465 e. The number of halogens is 3. The van der Waals surface area contributed by atoms with Gasteiger partial charge in [0.2, 0.25) is 0 Å². The molecule has 0 unspecified atom stereocenters. The van der Waals surface area contributed by atoms with E-state index in [1.54, 1.807) is 0 Å². The van der Waals surface area contributed by atoms with Gasteiger partial charge in [-0.15, -0.1) is 11.6 Å². The van der Waals surface area contributed by atoms with Gasteiger partial charge in [-0.1, -0.05) is 0 Å². The Morgan fingerprint density at radius 3 is 2.33 bits per heavy atom. The zero-order valence-corrected chi connectivity index (χ0v) is 9.99. The molecule has 1 aromatic carbocycles. The van der Waals surface area contributed by atoms with Crippen LogP contribution in [0.3, 0.4) is 0 Å². The maximum Gasteiger partial charge on any atom is 0.404 e. The first-order chi connectivity index (χ1) is 8.42. The van der Waals surface area contributed by atoms with Crippen molar-refractivity contribution in [3.05, 3.63) is 35.4 Å². The summed E-state index contributed by atoms with van der Waals surface area (Å²) >= 11 is 5.43. The van der Waals surface area contributed by atoms with Gasteiger partial charge in [0.15, 0.2) is 0 Å². The summed E-state index contributed by atoms with van der Waals surface area (Å²) in [6, 6.07) is 1.92. The summed E-state index contributed by atoms with van der Waals surface area (Å²) in [7, 11) is 0. The average Bonchev–Trinajstić information content (AvgIpc) is 2.25. The van der Waals surface area contributed by atoms with Crippen molar-refractivity contribution in [2.24, 2.45) is 0 Å². The highest BCUT2D eigenvalue weighted by Gasteiger charge is 2.21. The van der Waals surface area contributed by atoms with Gasteiger partial charge in [-0.05, 0) is 24.1 Å². The van der Waals surface area contributed by atoms with E-state index < -0.39 is 29.9 Å². The third-order valence-electron chi connectivity index (χ3n) is 2.31. The predicted octanol–water partition coefficient (Wildman–Crippen LogP) is 1.74. The molecule has 2 atom stereocenters. The van der Waals surface area contributed by atoms with E-state index in [9.17, 15) is 18.7 Å². The first-order valence-corrected chi connectivity index (χ1v) is 5.64. The van der Waals surface area contributed by atoms with Crippen molar-refractivity contribution in [3.63, 3.8) is 0 Å². The molecule has 100 valence electrons. The first kappa shape index (κ1) is 14.7. The number of carboxylic acid groups (broad SMARTS) is 1. The number of amides is 1. The van der Waals surface area contributed by atoms with Crippen molar-refractivity contribution in [1.29, 1.82) is 0 Å². The van der Waals surface area contributed by atoms with E-state index in [0.29, 0.717) is 6.07 Å². The summed E-state index contributed by atoms with van der Waals surface area (Å²) in [5, 5.41) is 20.2. The van der Waals surface area contributed by atoms with Crippen LogP contribution in [0.15, 0.2) is 18.2 Å². The first-order valence-electron chi connectivity index (χ1n) is 5.11. The molecule has 0 fully saturated rings. The van der Waals surface area contributed by atoms with Crippen molar-refractivity contribution in [2.45, 2.75) is 18.6 Å². The predicted molar refractivity (Wildman–Crippen MR) is 61.7 cm³/mol. The molecule has 0 aromatic heterocycles. The Bertz CT molecular complexity index is 410. The molecule has 0 bridgehead atoms. The second kappa shape index (κ2) is 6.51. The lowest BCUT2D eigenvalue weighted by Gasteiger charge is -2.21. The summed E-state index contributed by atoms with van der Waals surface area (Å²) in [6.07, 6.45) is -2.55. The zero-order valence-electron chi connectivity index (χ0n) is 9.24. The Balaban J connectivity index is 2.84. The van der Waals surface area contributed by atoms with Gasteiger partial charge in [0.05, 0.1) is 18.0 Å². The summed E-state index contributed by atoms with van der Waals surface area (Å²) in [6.45, 7) is 0. The molecule has 1 aromatic rings. The lowest BCUT2D eigenvalue weighted by molar-refractivity contribution is 0.135. The zero-order chi connectivity index (χ0) is 13.7. The molecule has 0 heterocycles. The Kier molecular flexibility index (Phi) is 5.30. The molecule has 18 heavy (non-hydrogen) atoms. The molecule has 0 spiro atoms. The maximum absolute atomic E-state index is 13.0. The minimum atomic E-state index is -1.35. The van der Waals surface area contributed by atoms with Crippen molar-refractivity contribution in [2.75, 3.05) is 5.88 Å².